The van der Waals surface area contributed by atoms with Gasteiger partial charge in [-0.2, -0.15) is 0 Å². The minimum Gasteiger partial charge on any atom is -0.462 e. The van der Waals surface area contributed by atoms with Gasteiger partial charge in [-0.15, -0.1) is 0 Å². The van der Waals surface area contributed by atoms with Crippen molar-refractivity contribution in [2.24, 2.45) is 5.92 Å². The standard InChI is InChI=1S/C9H14O3/c1-6(10)8-4-3-5-9(8)12-7(2)11/h8-9H,3-5H2,1-2H3/t8-,9+/m0/s1. The quantitative estimate of drug-likeness (QED) is 0.587. The molecule has 1 aliphatic carbocycles. The first-order chi connectivity index (χ1) is 5.61. The zero-order valence-corrected chi connectivity index (χ0v) is 7.50. The van der Waals surface area contributed by atoms with E-state index in [1.165, 1.54) is 6.92 Å². The van der Waals surface area contributed by atoms with Crippen molar-refractivity contribution >= 4 is 11.8 Å². The van der Waals surface area contributed by atoms with E-state index in [0.717, 1.165) is 19.3 Å². The Labute approximate surface area is 72.1 Å². The second-order valence-electron chi connectivity index (χ2n) is 3.30. The molecular weight excluding hydrogens is 156 g/mol. The molecule has 0 N–H and O–H groups in total. The fraction of sp³-hybridized carbons (Fsp3) is 0.778. The molecule has 0 spiro atoms. The van der Waals surface area contributed by atoms with Crippen molar-refractivity contribution < 1.29 is 14.3 Å². The van der Waals surface area contributed by atoms with E-state index in [1.807, 2.05) is 0 Å². The molecule has 12 heavy (non-hydrogen) atoms. The number of hydrogen-bond donors (Lipinski definition) is 0. The van der Waals surface area contributed by atoms with Crippen LogP contribution in [0.2, 0.25) is 0 Å². The molecule has 1 rings (SSSR count). The van der Waals surface area contributed by atoms with Crippen LogP contribution in [-0.2, 0) is 14.3 Å². The largest absolute Gasteiger partial charge is 0.462 e. The number of Topliss-reactive ketones (excluding diaryl/α,β-unsaturated/α-hetero) is 1. The predicted octanol–water partition coefficient (Wildman–Crippen LogP) is 1.31. The minimum absolute atomic E-state index is 0.0473. The molecule has 3 nitrogen and oxygen atoms in total. The number of esters is 1. The molecule has 0 saturated heterocycles. The van der Waals surface area contributed by atoms with Gasteiger partial charge in [-0.05, 0) is 26.2 Å². The lowest BCUT2D eigenvalue weighted by molar-refractivity contribution is -0.149. The average molecular weight is 170 g/mol. The molecule has 1 saturated carbocycles. The van der Waals surface area contributed by atoms with Crippen LogP contribution in [-0.4, -0.2) is 17.9 Å². The number of rotatable bonds is 2. The highest BCUT2D eigenvalue weighted by Gasteiger charge is 2.32. The maximum absolute atomic E-state index is 11.0. The Kier molecular flexibility index (Phi) is 2.84. The third-order valence-electron chi connectivity index (χ3n) is 2.29. The molecule has 3 heteroatoms. The molecule has 68 valence electrons. The summed E-state index contributed by atoms with van der Waals surface area (Å²) in [6, 6.07) is 0. The third kappa shape index (κ3) is 2.06. The summed E-state index contributed by atoms with van der Waals surface area (Å²) in [5.41, 5.74) is 0. The Balaban J connectivity index is 2.52. The number of ether oxygens (including phenoxy) is 1. The van der Waals surface area contributed by atoms with Gasteiger partial charge in [0.25, 0.3) is 0 Å². The van der Waals surface area contributed by atoms with E-state index in [9.17, 15) is 9.59 Å². The average Bonchev–Trinajstić information content (AvgIpc) is 2.33. The first-order valence-electron chi connectivity index (χ1n) is 4.29. The predicted molar refractivity (Wildman–Crippen MR) is 43.6 cm³/mol. The van der Waals surface area contributed by atoms with Gasteiger partial charge in [0, 0.05) is 6.92 Å². The first kappa shape index (κ1) is 9.23. The molecular formula is C9H14O3. The Bertz CT molecular complexity index is 198. The number of hydrogen-bond acceptors (Lipinski definition) is 3. The van der Waals surface area contributed by atoms with Gasteiger partial charge in [-0.25, -0.2) is 0 Å². The fourth-order valence-electron chi connectivity index (χ4n) is 1.75. The summed E-state index contributed by atoms with van der Waals surface area (Å²) < 4.78 is 5.03. The van der Waals surface area contributed by atoms with Gasteiger partial charge in [0.1, 0.15) is 11.9 Å². The summed E-state index contributed by atoms with van der Waals surface area (Å²) in [4.78, 5) is 21.7. The van der Waals surface area contributed by atoms with Crippen molar-refractivity contribution in [1.82, 2.24) is 0 Å². The Morgan fingerprint density at radius 3 is 2.42 bits per heavy atom. The second-order valence-corrected chi connectivity index (χ2v) is 3.30. The molecule has 1 aliphatic rings. The van der Waals surface area contributed by atoms with Crippen molar-refractivity contribution in [3.8, 4) is 0 Å². The zero-order valence-electron chi connectivity index (χ0n) is 7.50. The summed E-state index contributed by atoms with van der Waals surface area (Å²) in [6.45, 7) is 2.95. The lowest BCUT2D eigenvalue weighted by atomic mass is 10.0. The monoisotopic (exact) mass is 170 g/mol. The molecule has 0 heterocycles. The van der Waals surface area contributed by atoms with E-state index in [-0.39, 0.29) is 23.8 Å². The molecule has 0 amide bonds. The van der Waals surface area contributed by atoms with Crippen molar-refractivity contribution in [3.05, 3.63) is 0 Å². The minimum atomic E-state index is -0.284. The van der Waals surface area contributed by atoms with E-state index < -0.39 is 0 Å². The maximum atomic E-state index is 11.0. The van der Waals surface area contributed by atoms with Gasteiger partial charge >= 0.3 is 5.97 Å². The molecule has 0 bridgehead atoms. The van der Waals surface area contributed by atoms with Crippen LogP contribution in [0.3, 0.4) is 0 Å². The lowest BCUT2D eigenvalue weighted by Crippen LogP contribution is -2.25. The Hall–Kier alpha value is -0.860. The fourth-order valence-corrected chi connectivity index (χ4v) is 1.75. The second kappa shape index (κ2) is 3.70. The van der Waals surface area contributed by atoms with Crippen molar-refractivity contribution in [2.45, 2.75) is 39.2 Å². The highest BCUT2D eigenvalue weighted by molar-refractivity contribution is 5.79. The molecule has 2 atom stereocenters. The van der Waals surface area contributed by atoms with E-state index >= 15 is 0 Å². The third-order valence-corrected chi connectivity index (χ3v) is 2.29. The summed E-state index contributed by atoms with van der Waals surface area (Å²) in [6.07, 6.45) is 2.54. The zero-order chi connectivity index (χ0) is 9.14. The summed E-state index contributed by atoms with van der Waals surface area (Å²) >= 11 is 0. The van der Waals surface area contributed by atoms with E-state index in [4.69, 9.17) is 4.74 Å². The van der Waals surface area contributed by atoms with Gasteiger partial charge in [0.2, 0.25) is 0 Å². The lowest BCUT2D eigenvalue weighted by Gasteiger charge is -2.16. The molecule has 0 aliphatic heterocycles. The van der Waals surface area contributed by atoms with Crippen LogP contribution < -0.4 is 0 Å². The molecule has 0 aromatic carbocycles. The van der Waals surface area contributed by atoms with Crippen LogP contribution in [0, 0.1) is 5.92 Å². The van der Waals surface area contributed by atoms with Crippen LogP contribution in [0.25, 0.3) is 0 Å². The topological polar surface area (TPSA) is 43.4 Å². The number of carbonyl (C=O) groups is 2. The van der Waals surface area contributed by atoms with Gasteiger partial charge in [-0.1, -0.05) is 0 Å². The van der Waals surface area contributed by atoms with Crippen molar-refractivity contribution in [2.75, 3.05) is 0 Å². The first-order valence-corrected chi connectivity index (χ1v) is 4.29. The number of carbonyl (C=O) groups excluding carboxylic acids is 2. The van der Waals surface area contributed by atoms with Gasteiger partial charge in [-0.3, -0.25) is 9.59 Å². The highest BCUT2D eigenvalue weighted by atomic mass is 16.5. The van der Waals surface area contributed by atoms with E-state index in [0.29, 0.717) is 0 Å². The van der Waals surface area contributed by atoms with Crippen molar-refractivity contribution in [3.63, 3.8) is 0 Å². The normalized spacial score (nSPS) is 28.5. The van der Waals surface area contributed by atoms with Gasteiger partial charge < -0.3 is 4.74 Å². The smallest absolute Gasteiger partial charge is 0.302 e. The molecule has 0 unspecified atom stereocenters. The number of ketones is 1. The molecule has 1 fully saturated rings. The van der Waals surface area contributed by atoms with Crippen LogP contribution in [0.15, 0.2) is 0 Å². The Morgan fingerprint density at radius 2 is 1.92 bits per heavy atom. The van der Waals surface area contributed by atoms with Gasteiger partial charge in [0.05, 0.1) is 5.92 Å². The molecule has 0 aromatic heterocycles. The SMILES string of the molecule is CC(=O)O[C@@H]1CCC[C@H]1C(C)=O. The van der Waals surface area contributed by atoms with E-state index in [1.54, 1.807) is 6.92 Å². The summed E-state index contributed by atoms with van der Waals surface area (Å²) in [7, 11) is 0. The van der Waals surface area contributed by atoms with Crippen LogP contribution in [0.5, 0.6) is 0 Å². The van der Waals surface area contributed by atoms with Gasteiger partial charge in [0.15, 0.2) is 0 Å². The molecule has 0 radical (unpaired) electrons. The van der Waals surface area contributed by atoms with Crippen molar-refractivity contribution in [1.29, 1.82) is 0 Å². The Morgan fingerprint density at radius 1 is 1.25 bits per heavy atom. The van der Waals surface area contributed by atoms with Crippen LogP contribution in [0.1, 0.15) is 33.1 Å². The highest BCUT2D eigenvalue weighted by Crippen LogP contribution is 2.28. The van der Waals surface area contributed by atoms with Crippen LogP contribution in [0.4, 0.5) is 0 Å². The summed E-state index contributed by atoms with van der Waals surface area (Å²) in [5.74, 6) is -0.194. The summed E-state index contributed by atoms with van der Waals surface area (Å²) in [5, 5.41) is 0. The maximum Gasteiger partial charge on any atom is 0.302 e. The van der Waals surface area contributed by atoms with E-state index in [2.05, 4.69) is 0 Å². The molecule has 0 aromatic rings. The van der Waals surface area contributed by atoms with Crippen LogP contribution >= 0.6 is 0 Å².